The first kappa shape index (κ1) is 22.4. The van der Waals surface area contributed by atoms with Crippen LogP contribution in [0.25, 0.3) is 22.6 Å². The lowest BCUT2D eigenvalue weighted by molar-refractivity contribution is -0.131. The van der Waals surface area contributed by atoms with Gasteiger partial charge in [0.25, 0.3) is 0 Å². The molecule has 1 amide bonds. The van der Waals surface area contributed by atoms with E-state index >= 15 is 0 Å². The van der Waals surface area contributed by atoms with Crippen molar-refractivity contribution in [1.29, 1.82) is 0 Å². The first-order valence-corrected chi connectivity index (χ1v) is 12.5. The third-order valence-electron chi connectivity index (χ3n) is 5.59. The molecule has 11 nitrogen and oxygen atoms in total. The second-order valence-electron chi connectivity index (χ2n) is 7.73. The van der Waals surface area contributed by atoms with E-state index in [9.17, 15) is 13.9 Å². The third kappa shape index (κ3) is 4.38. The minimum atomic E-state index is -2.56. The standard InChI is InChI=1S/C20H28N8O3S/c1-4-15(20(29)27-6-8-32(30,31)9-7-27)25-17-16-19(24-12-23-17)28(5-2)18(26-16)14-10-21-13(3)22-11-14/h10-12,15,30-31H,4-9H2,1-3H3,(H,23,24,25)/t15-/m0/s1. The van der Waals surface area contributed by atoms with Crippen LogP contribution >= 0.6 is 10.6 Å². The maximum atomic E-state index is 13.1. The molecule has 4 heterocycles. The van der Waals surface area contributed by atoms with E-state index in [1.54, 1.807) is 17.3 Å². The Bertz CT molecular complexity index is 1110. The fourth-order valence-corrected chi connectivity index (χ4v) is 4.97. The topological polar surface area (TPSA) is 142 Å². The lowest BCUT2D eigenvalue weighted by Gasteiger charge is -2.41. The number of fused-ring (bicyclic) bond motifs is 1. The van der Waals surface area contributed by atoms with Gasteiger partial charge in [-0.3, -0.25) is 13.9 Å². The smallest absolute Gasteiger partial charge is 0.245 e. The summed E-state index contributed by atoms with van der Waals surface area (Å²) in [5.74, 6) is 2.20. The average Bonchev–Trinajstić information content (AvgIpc) is 3.17. The van der Waals surface area contributed by atoms with Crippen LogP contribution in [-0.4, -0.2) is 80.0 Å². The van der Waals surface area contributed by atoms with Gasteiger partial charge in [-0.15, -0.1) is 0 Å². The fourth-order valence-electron chi connectivity index (χ4n) is 3.74. The van der Waals surface area contributed by atoms with Crippen LogP contribution in [-0.2, 0) is 11.3 Å². The highest BCUT2D eigenvalue weighted by Crippen LogP contribution is 2.40. The lowest BCUT2D eigenvalue weighted by Crippen LogP contribution is -2.48. The van der Waals surface area contributed by atoms with E-state index in [-0.39, 0.29) is 17.4 Å². The monoisotopic (exact) mass is 460 g/mol. The molecule has 4 rings (SSSR count). The van der Waals surface area contributed by atoms with Crippen LogP contribution in [0, 0.1) is 6.92 Å². The van der Waals surface area contributed by atoms with Crippen LogP contribution in [0.3, 0.4) is 0 Å². The number of aryl methyl sites for hydroxylation is 2. The predicted molar refractivity (Wildman–Crippen MR) is 124 cm³/mol. The van der Waals surface area contributed by atoms with Crippen molar-refractivity contribution < 1.29 is 13.9 Å². The number of imidazole rings is 1. The van der Waals surface area contributed by atoms with Crippen LogP contribution in [0.2, 0.25) is 0 Å². The highest BCUT2D eigenvalue weighted by Gasteiger charge is 2.30. The molecule has 1 fully saturated rings. The molecule has 12 heteroatoms. The van der Waals surface area contributed by atoms with Crippen molar-refractivity contribution in [2.45, 2.75) is 39.8 Å². The molecule has 3 aromatic heterocycles. The highest BCUT2D eigenvalue weighted by molar-refractivity contribution is 8.24. The number of carbonyl (C=O) groups excluding carboxylic acids is 1. The summed E-state index contributed by atoms with van der Waals surface area (Å²) in [6.45, 7) is 7.07. The summed E-state index contributed by atoms with van der Waals surface area (Å²) in [7, 11) is -2.56. The van der Waals surface area contributed by atoms with Crippen LogP contribution < -0.4 is 5.32 Å². The van der Waals surface area contributed by atoms with Gasteiger partial charge in [0, 0.05) is 32.0 Å². The molecule has 1 aliphatic heterocycles. The van der Waals surface area contributed by atoms with Crippen molar-refractivity contribution in [3.05, 3.63) is 24.5 Å². The molecule has 0 aliphatic carbocycles. The first-order valence-electron chi connectivity index (χ1n) is 10.6. The molecule has 32 heavy (non-hydrogen) atoms. The molecule has 0 aromatic carbocycles. The molecular weight excluding hydrogens is 432 g/mol. The SMILES string of the molecule is CC[C@H](Nc1ncnc2c1nc(-c1cnc(C)nc1)n2CC)C(=O)N1CCS(O)(O)CC1. The second kappa shape index (κ2) is 8.96. The zero-order valence-electron chi connectivity index (χ0n) is 18.4. The number of nitrogens with zero attached hydrogens (tertiary/aromatic N) is 7. The Morgan fingerprint density at radius 1 is 1.16 bits per heavy atom. The van der Waals surface area contributed by atoms with Crippen molar-refractivity contribution >= 4 is 33.5 Å². The number of carbonyl (C=O) groups is 1. The Kier molecular flexibility index (Phi) is 6.26. The van der Waals surface area contributed by atoms with Gasteiger partial charge in [0.05, 0.1) is 17.1 Å². The van der Waals surface area contributed by atoms with Gasteiger partial charge < -0.3 is 14.8 Å². The van der Waals surface area contributed by atoms with E-state index in [2.05, 4.69) is 25.3 Å². The molecule has 0 spiro atoms. The van der Waals surface area contributed by atoms with E-state index in [4.69, 9.17) is 4.98 Å². The molecule has 1 saturated heterocycles. The van der Waals surface area contributed by atoms with Crippen LogP contribution in [0.5, 0.6) is 0 Å². The maximum Gasteiger partial charge on any atom is 0.245 e. The summed E-state index contributed by atoms with van der Waals surface area (Å²) in [6, 6.07) is -0.508. The number of hydrogen-bond acceptors (Lipinski definition) is 9. The number of hydrogen-bond donors (Lipinski definition) is 3. The number of amides is 1. The Hall–Kier alpha value is -2.83. The van der Waals surface area contributed by atoms with Gasteiger partial charge in [-0.25, -0.2) is 24.9 Å². The van der Waals surface area contributed by atoms with E-state index in [1.165, 1.54) is 6.33 Å². The van der Waals surface area contributed by atoms with Gasteiger partial charge in [-0.2, -0.15) is 10.6 Å². The molecule has 3 aromatic rings. The average molecular weight is 461 g/mol. The third-order valence-corrected chi connectivity index (χ3v) is 7.27. The highest BCUT2D eigenvalue weighted by atomic mass is 32.3. The number of anilines is 1. The summed E-state index contributed by atoms with van der Waals surface area (Å²) in [6.07, 6.45) is 5.47. The zero-order chi connectivity index (χ0) is 22.9. The summed E-state index contributed by atoms with van der Waals surface area (Å²) in [4.78, 5) is 36.9. The van der Waals surface area contributed by atoms with E-state index < -0.39 is 16.6 Å². The molecule has 1 aliphatic rings. The van der Waals surface area contributed by atoms with Gasteiger partial charge in [-0.05, 0) is 20.3 Å². The summed E-state index contributed by atoms with van der Waals surface area (Å²) < 4.78 is 21.6. The Morgan fingerprint density at radius 3 is 2.47 bits per heavy atom. The van der Waals surface area contributed by atoms with E-state index in [0.717, 1.165) is 5.56 Å². The van der Waals surface area contributed by atoms with Gasteiger partial charge in [0.2, 0.25) is 5.91 Å². The van der Waals surface area contributed by atoms with E-state index in [1.807, 2.05) is 25.3 Å². The van der Waals surface area contributed by atoms with Crippen molar-refractivity contribution in [2.75, 3.05) is 29.9 Å². The molecular formula is C20H28N8O3S. The molecule has 172 valence electrons. The normalized spacial score (nSPS) is 17.8. The Morgan fingerprint density at radius 2 is 1.84 bits per heavy atom. The van der Waals surface area contributed by atoms with Gasteiger partial charge in [0.15, 0.2) is 17.0 Å². The maximum absolute atomic E-state index is 13.1. The molecule has 0 bridgehead atoms. The zero-order valence-corrected chi connectivity index (χ0v) is 19.2. The second-order valence-corrected chi connectivity index (χ2v) is 10.2. The predicted octanol–water partition coefficient (Wildman–Crippen LogP) is 2.39. The first-order chi connectivity index (χ1) is 15.3. The fraction of sp³-hybridized carbons (Fsp3) is 0.500. The van der Waals surface area contributed by atoms with Crippen LogP contribution in [0.4, 0.5) is 5.82 Å². The van der Waals surface area contributed by atoms with Crippen molar-refractivity contribution in [2.24, 2.45) is 0 Å². The van der Waals surface area contributed by atoms with Crippen molar-refractivity contribution in [3.63, 3.8) is 0 Å². The van der Waals surface area contributed by atoms with Crippen molar-refractivity contribution in [3.8, 4) is 11.4 Å². The minimum absolute atomic E-state index is 0.0868. The Labute approximate surface area is 187 Å². The Balaban J connectivity index is 1.64. The number of rotatable bonds is 6. The molecule has 0 saturated carbocycles. The quantitative estimate of drug-likeness (QED) is 0.505. The van der Waals surface area contributed by atoms with Gasteiger partial charge in [-0.1, -0.05) is 6.92 Å². The van der Waals surface area contributed by atoms with Gasteiger partial charge in [0.1, 0.15) is 24.0 Å². The molecule has 1 atom stereocenters. The largest absolute Gasteiger partial charge is 0.356 e. The number of aromatic nitrogens is 6. The lowest BCUT2D eigenvalue weighted by atomic mass is 10.2. The summed E-state index contributed by atoms with van der Waals surface area (Å²) >= 11 is 0. The minimum Gasteiger partial charge on any atom is -0.356 e. The molecule has 0 radical (unpaired) electrons. The number of nitrogens with one attached hydrogen (secondary N) is 1. The summed E-state index contributed by atoms with van der Waals surface area (Å²) in [5, 5.41) is 3.25. The van der Waals surface area contributed by atoms with E-state index in [0.29, 0.717) is 54.7 Å². The van der Waals surface area contributed by atoms with Crippen LogP contribution in [0.15, 0.2) is 18.7 Å². The van der Waals surface area contributed by atoms with Crippen molar-refractivity contribution in [1.82, 2.24) is 34.4 Å². The molecule has 3 N–H and O–H groups in total. The van der Waals surface area contributed by atoms with Gasteiger partial charge >= 0.3 is 0 Å². The summed E-state index contributed by atoms with van der Waals surface area (Å²) in [5.41, 5.74) is 2.01. The van der Waals surface area contributed by atoms with Crippen LogP contribution in [0.1, 0.15) is 26.1 Å². The molecule has 0 unspecified atom stereocenters.